The third-order valence-corrected chi connectivity index (χ3v) is 6.33. The zero-order chi connectivity index (χ0) is 18.7. The monoisotopic (exact) mass is 385 g/mol. The minimum atomic E-state index is -3.51. The van der Waals surface area contributed by atoms with Crippen LogP contribution in [0.1, 0.15) is 11.1 Å². The molecule has 2 aromatic carbocycles. The zero-order valence-electron chi connectivity index (χ0n) is 14.8. The molecule has 0 aliphatic heterocycles. The van der Waals surface area contributed by atoms with E-state index in [9.17, 15) is 8.42 Å². The Bertz CT molecular complexity index is 1150. The van der Waals surface area contributed by atoms with Gasteiger partial charge in [0.05, 0.1) is 12.0 Å². The van der Waals surface area contributed by atoms with E-state index in [1.165, 1.54) is 33.9 Å². The van der Waals surface area contributed by atoms with Gasteiger partial charge in [-0.05, 0) is 42.3 Å². The molecule has 4 rings (SSSR count). The minimum absolute atomic E-state index is 0.190. The summed E-state index contributed by atoms with van der Waals surface area (Å²) in [5, 5.41) is 6.02. The van der Waals surface area contributed by atoms with Crippen molar-refractivity contribution in [3.8, 4) is 0 Å². The molecule has 0 bridgehead atoms. The first-order valence-corrected chi connectivity index (χ1v) is 10.3. The molecule has 4 nitrogen and oxygen atoms in total. The molecular weight excluding hydrogens is 366 g/mol. The number of aryl methyl sites for hydroxylation is 2. The van der Waals surface area contributed by atoms with E-state index in [0.717, 1.165) is 17.5 Å². The molecule has 0 unspecified atom stereocenters. The van der Waals surface area contributed by atoms with Crippen LogP contribution in [0.5, 0.6) is 0 Å². The number of thiophene rings is 1. The summed E-state index contributed by atoms with van der Waals surface area (Å²) in [5.74, 6) is 0. The van der Waals surface area contributed by atoms with Crippen molar-refractivity contribution in [3.63, 3.8) is 0 Å². The van der Waals surface area contributed by atoms with Gasteiger partial charge in [0.1, 0.15) is 4.83 Å². The number of nitrogens with zero attached hydrogens (tertiary/aromatic N) is 1. The highest BCUT2D eigenvalue weighted by atomic mass is 32.2. The van der Waals surface area contributed by atoms with Gasteiger partial charge >= 0.3 is 0 Å². The van der Waals surface area contributed by atoms with E-state index in [0.29, 0.717) is 0 Å². The van der Waals surface area contributed by atoms with Crippen molar-refractivity contribution in [3.05, 3.63) is 71.2 Å². The lowest BCUT2D eigenvalue weighted by Gasteiger charge is -2.00. The Morgan fingerprint density at radius 3 is 2.38 bits per heavy atom. The van der Waals surface area contributed by atoms with E-state index < -0.39 is 10.1 Å². The van der Waals surface area contributed by atoms with Crippen molar-refractivity contribution in [2.75, 3.05) is 7.11 Å². The molecule has 0 aliphatic carbocycles. The van der Waals surface area contributed by atoms with E-state index in [1.807, 2.05) is 13.1 Å². The predicted molar refractivity (Wildman–Crippen MR) is 107 cm³/mol. The van der Waals surface area contributed by atoms with Crippen LogP contribution in [0.2, 0.25) is 0 Å². The maximum Gasteiger partial charge on any atom is 0.296 e. The van der Waals surface area contributed by atoms with Crippen LogP contribution in [0.3, 0.4) is 0 Å². The minimum Gasteiger partial charge on any atom is -0.270 e. The van der Waals surface area contributed by atoms with Crippen LogP contribution in [0.25, 0.3) is 21.0 Å². The number of aromatic nitrogens is 1. The summed E-state index contributed by atoms with van der Waals surface area (Å²) in [4.78, 5) is 5.78. The molecule has 26 heavy (non-hydrogen) atoms. The molecule has 2 aromatic heterocycles. The van der Waals surface area contributed by atoms with E-state index >= 15 is 0 Å². The summed E-state index contributed by atoms with van der Waals surface area (Å²) in [5.41, 5.74) is 2.35. The first-order chi connectivity index (χ1) is 12.4. The van der Waals surface area contributed by atoms with Crippen LogP contribution < -0.4 is 0 Å². The third kappa shape index (κ3) is 3.77. The SMILES string of the molecule is COS(=O)(=O)c1ccc(C)cc1.Cc1csc2ncc3ccccc3c12. The van der Waals surface area contributed by atoms with Crippen molar-refractivity contribution in [1.82, 2.24) is 4.98 Å². The summed E-state index contributed by atoms with van der Waals surface area (Å²) in [6.45, 7) is 4.04. The van der Waals surface area contributed by atoms with Crippen molar-refractivity contribution in [2.24, 2.45) is 0 Å². The molecular formula is C20H19NO3S2. The number of fused-ring (bicyclic) bond motifs is 3. The van der Waals surface area contributed by atoms with Crippen molar-refractivity contribution in [2.45, 2.75) is 18.7 Å². The first-order valence-electron chi connectivity index (χ1n) is 8.01. The van der Waals surface area contributed by atoms with Gasteiger partial charge in [0.25, 0.3) is 10.1 Å². The number of hydrogen-bond acceptors (Lipinski definition) is 5. The van der Waals surface area contributed by atoms with Crippen molar-refractivity contribution in [1.29, 1.82) is 0 Å². The van der Waals surface area contributed by atoms with Gasteiger partial charge in [0, 0.05) is 17.0 Å². The van der Waals surface area contributed by atoms with Gasteiger partial charge in [-0.1, -0.05) is 42.0 Å². The van der Waals surface area contributed by atoms with Crippen LogP contribution in [-0.4, -0.2) is 20.5 Å². The first kappa shape index (κ1) is 18.5. The second-order valence-corrected chi connectivity index (χ2v) is 8.45. The predicted octanol–water partition coefficient (Wildman–Crippen LogP) is 5.09. The molecule has 0 saturated carbocycles. The van der Waals surface area contributed by atoms with Crippen LogP contribution in [0.15, 0.2) is 65.0 Å². The van der Waals surface area contributed by atoms with E-state index in [4.69, 9.17) is 0 Å². The van der Waals surface area contributed by atoms with Gasteiger partial charge in [0.2, 0.25) is 0 Å². The average Bonchev–Trinajstić information content (AvgIpc) is 3.04. The van der Waals surface area contributed by atoms with Gasteiger partial charge in [0.15, 0.2) is 0 Å². The van der Waals surface area contributed by atoms with E-state index in [2.05, 4.69) is 45.7 Å². The number of rotatable bonds is 2. The summed E-state index contributed by atoms with van der Waals surface area (Å²) in [7, 11) is -2.37. The van der Waals surface area contributed by atoms with Gasteiger partial charge in [-0.25, -0.2) is 4.98 Å². The molecule has 0 spiro atoms. The molecule has 4 aromatic rings. The summed E-state index contributed by atoms with van der Waals surface area (Å²) in [6.07, 6.45) is 1.95. The molecule has 0 aliphatic rings. The molecule has 6 heteroatoms. The van der Waals surface area contributed by atoms with Crippen LogP contribution >= 0.6 is 11.3 Å². The van der Waals surface area contributed by atoms with E-state index in [1.54, 1.807) is 23.5 Å². The summed E-state index contributed by atoms with van der Waals surface area (Å²) in [6, 6.07) is 14.9. The fraction of sp³-hybridized carbons (Fsp3) is 0.150. The van der Waals surface area contributed by atoms with Crippen LogP contribution in [0.4, 0.5) is 0 Å². The Balaban J connectivity index is 0.000000153. The van der Waals surface area contributed by atoms with Gasteiger partial charge in [-0.15, -0.1) is 11.3 Å². The number of pyridine rings is 1. The van der Waals surface area contributed by atoms with Gasteiger partial charge in [-0.2, -0.15) is 8.42 Å². The van der Waals surface area contributed by atoms with Gasteiger partial charge < -0.3 is 0 Å². The Labute approximate surface area is 157 Å². The van der Waals surface area contributed by atoms with Crippen molar-refractivity contribution < 1.29 is 12.6 Å². The second kappa shape index (κ2) is 7.53. The molecule has 2 heterocycles. The lowest BCUT2D eigenvalue weighted by atomic mass is 10.1. The molecule has 0 fully saturated rings. The molecule has 0 saturated heterocycles. The average molecular weight is 386 g/mol. The molecule has 0 atom stereocenters. The normalized spacial score (nSPS) is 11.3. The highest BCUT2D eigenvalue weighted by molar-refractivity contribution is 7.86. The Hall–Kier alpha value is -2.28. The largest absolute Gasteiger partial charge is 0.296 e. The fourth-order valence-corrected chi connectivity index (χ4v) is 4.19. The molecule has 0 radical (unpaired) electrons. The van der Waals surface area contributed by atoms with Crippen LogP contribution in [-0.2, 0) is 14.3 Å². The smallest absolute Gasteiger partial charge is 0.270 e. The summed E-state index contributed by atoms with van der Waals surface area (Å²) >= 11 is 1.72. The highest BCUT2D eigenvalue weighted by Gasteiger charge is 2.11. The number of benzene rings is 2. The fourth-order valence-electron chi connectivity index (χ4n) is 2.62. The maximum absolute atomic E-state index is 11.1. The Morgan fingerprint density at radius 2 is 1.69 bits per heavy atom. The highest BCUT2D eigenvalue weighted by Crippen LogP contribution is 2.30. The van der Waals surface area contributed by atoms with Gasteiger partial charge in [-0.3, -0.25) is 4.18 Å². The Morgan fingerprint density at radius 1 is 1.00 bits per heavy atom. The summed E-state index contributed by atoms with van der Waals surface area (Å²) < 4.78 is 26.5. The molecule has 134 valence electrons. The quantitative estimate of drug-likeness (QED) is 0.451. The number of hydrogen-bond donors (Lipinski definition) is 0. The van der Waals surface area contributed by atoms with Crippen molar-refractivity contribution >= 4 is 42.4 Å². The standard InChI is InChI=1S/C12H9NS.C8H10O3S/c1-8-7-14-12-11(8)10-5-3-2-4-9(10)6-13-12;1-7-3-5-8(6-4-7)12(9,10)11-2/h2-7H,1H3;3-6H,1-2H3. The molecule has 0 amide bonds. The van der Waals surface area contributed by atoms with Crippen LogP contribution in [0, 0.1) is 13.8 Å². The second-order valence-electron chi connectivity index (χ2n) is 5.88. The topological polar surface area (TPSA) is 56.3 Å². The lowest BCUT2D eigenvalue weighted by molar-refractivity contribution is 0.398. The van der Waals surface area contributed by atoms with E-state index in [-0.39, 0.29) is 4.90 Å². The molecule has 0 N–H and O–H groups in total. The zero-order valence-corrected chi connectivity index (χ0v) is 16.4. The Kier molecular flexibility index (Phi) is 5.36. The lowest BCUT2D eigenvalue weighted by Crippen LogP contribution is -2.02. The maximum atomic E-state index is 11.1. The third-order valence-electron chi connectivity index (χ3n) is 4.04.